The average Bonchev–Trinajstić information content (AvgIpc) is 3.03. The molecule has 0 aromatic heterocycles. The normalized spacial score (nSPS) is 24.3. The number of benzene rings is 1. The largest absolute Gasteiger partial charge is 0.495 e. The van der Waals surface area contributed by atoms with Crippen molar-refractivity contribution >= 4 is 34.7 Å². The fourth-order valence-corrected chi connectivity index (χ4v) is 3.37. The van der Waals surface area contributed by atoms with Crippen LogP contribution in [0.1, 0.15) is 24.8 Å². The van der Waals surface area contributed by atoms with Crippen molar-refractivity contribution in [3.63, 3.8) is 0 Å². The zero-order valence-electron chi connectivity index (χ0n) is 11.7. The summed E-state index contributed by atoms with van der Waals surface area (Å²) in [6.45, 7) is 0. The second kappa shape index (κ2) is 5.11. The number of carbonyl (C=O) groups is 2. The molecule has 110 valence electrons. The Hall–Kier alpha value is -1.95. The van der Waals surface area contributed by atoms with Gasteiger partial charge in [0.25, 0.3) is 0 Å². The van der Waals surface area contributed by atoms with Crippen molar-refractivity contribution < 1.29 is 14.3 Å². The van der Waals surface area contributed by atoms with Gasteiger partial charge in [-0.1, -0.05) is 18.6 Å². The number of carbonyl (C=O) groups excluding carboxylic acids is 2. The molecule has 1 aliphatic heterocycles. The molecule has 3 rings (SSSR count). The number of hydrogen-bond acceptors (Lipinski definition) is 4. The van der Waals surface area contributed by atoms with E-state index in [0.717, 1.165) is 19.3 Å². The van der Waals surface area contributed by atoms with Crippen LogP contribution >= 0.6 is 12.2 Å². The minimum absolute atomic E-state index is 0.121. The van der Waals surface area contributed by atoms with Crippen LogP contribution < -0.4 is 15.4 Å². The number of methoxy groups -OCH3 is 1. The molecular weight excluding hydrogens is 288 g/mol. The lowest BCUT2D eigenvalue weighted by atomic mass is 10.00. The van der Waals surface area contributed by atoms with Gasteiger partial charge in [0.05, 0.1) is 24.6 Å². The van der Waals surface area contributed by atoms with Crippen LogP contribution in [0.3, 0.4) is 0 Å². The molecule has 2 atom stereocenters. The number of fused-ring (bicyclic) bond motifs is 1. The van der Waals surface area contributed by atoms with Gasteiger partial charge in [0, 0.05) is 5.56 Å². The summed E-state index contributed by atoms with van der Waals surface area (Å²) in [5, 5.41) is 0. The molecule has 2 unspecified atom stereocenters. The van der Waals surface area contributed by atoms with Gasteiger partial charge in [0.15, 0.2) is 0 Å². The summed E-state index contributed by atoms with van der Waals surface area (Å²) in [5.74, 6) is -0.148. The highest BCUT2D eigenvalue weighted by molar-refractivity contribution is 7.80. The molecule has 2 aliphatic rings. The van der Waals surface area contributed by atoms with Crippen molar-refractivity contribution in [2.75, 3.05) is 12.0 Å². The van der Waals surface area contributed by atoms with Gasteiger partial charge in [-0.15, -0.1) is 0 Å². The Bertz CT molecular complexity index is 622. The third kappa shape index (κ3) is 2.10. The number of nitrogens with zero attached hydrogens (tertiary/aromatic N) is 1. The smallest absolute Gasteiger partial charge is 0.237 e. The van der Waals surface area contributed by atoms with E-state index in [2.05, 4.69) is 0 Å². The third-order valence-corrected chi connectivity index (χ3v) is 4.53. The maximum absolute atomic E-state index is 12.5. The standard InChI is InChI=1S/C15H16N2O3S/c1-20-12-7-8(13(16)21)5-6-11(12)17-14(18)9-3-2-4-10(9)15(17)19/h5-7,9-10H,2-4H2,1H3,(H2,16,21). The van der Waals surface area contributed by atoms with Crippen LogP contribution in [0, 0.1) is 11.8 Å². The third-order valence-electron chi connectivity index (χ3n) is 4.30. The highest BCUT2D eigenvalue weighted by atomic mass is 32.1. The molecule has 2 amide bonds. The Kier molecular flexibility index (Phi) is 3.41. The summed E-state index contributed by atoms with van der Waals surface area (Å²) >= 11 is 4.93. The summed E-state index contributed by atoms with van der Waals surface area (Å²) in [6.07, 6.45) is 2.52. The molecule has 21 heavy (non-hydrogen) atoms. The average molecular weight is 304 g/mol. The van der Waals surface area contributed by atoms with Gasteiger partial charge in [0.2, 0.25) is 11.8 Å². The Labute approximate surface area is 128 Å². The highest BCUT2D eigenvalue weighted by Gasteiger charge is 2.50. The number of rotatable bonds is 3. The van der Waals surface area contributed by atoms with Gasteiger partial charge in [-0.2, -0.15) is 0 Å². The lowest BCUT2D eigenvalue weighted by Crippen LogP contribution is -2.32. The van der Waals surface area contributed by atoms with Crippen molar-refractivity contribution in [1.29, 1.82) is 0 Å². The summed E-state index contributed by atoms with van der Waals surface area (Å²) in [7, 11) is 1.49. The number of anilines is 1. The molecule has 5 nitrogen and oxygen atoms in total. The zero-order chi connectivity index (χ0) is 15.1. The van der Waals surface area contributed by atoms with Gasteiger partial charge in [-0.3, -0.25) is 9.59 Å². The Morgan fingerprint density at radius 2 is 1.90 bits per heavy atom. The van der Waals surface area contributed by atoms with Crippen molar-refractivity contribution in [2.24, 2.45) is 17.6 Å². The second-order valence-corrected chi connectivity index (χ2v) is 5.85. The Balaban J connectivity index is 2.02. The molecule has 6 heteroatoms. The van der Waals surface area contributed by atoms with Gasteiger partial charge in [0.1, 0.15) is 10.7 Å². The molecule has 1 saturated heterocycles. The molecule has 0 radical (unpaired) electrons. The van der Waals surface area contributed by atoms with Crippen LogP contribution in [0.15, 0.2) is 18.2 Å². The van der Waals surface area contributed by atoms with Crippen LogP contribution in [-0.4, -0.2) is 23.9 Å². The quantitative estimate of drug-likeness (QED) is 0.678. The van der Waals surface area contributed by atoms with E-state index < -0.39 is 0 Å². The van der Waals surface area contributed by atoms with Crippen LogP contribution in [0.2, 0.25) is 0 Å². The summed E-state index contributed by atoms with van der Waals surface area (Å²) in [5.41, 5.74) is 6.72. The van der Waals surface area contributed by atoms with E-state index in [-0.39, 0.29) is 28.6 Å². The predicted molar refractivity (Wildman–Crippen MR) is 82.2 cm³/mol. The molecule has 1 saturated carbocycles. The van der Waals surface area contributed by atoms with E-state index in [1.807, 2.05) is 0 Å². The lowest BCUT2D eigenvalue weighted by molar-refractivity contribution is -0.122. The first-order valence-electron chi connectivity index (χ1n) is 6.90. The molecular formula is C15H16N2O3S. The molecule has 0 bridgehead atoms. The van der Waals surface area contributed by atoms with Crippen LogP contribution in [0.4, 0.5) is 5.69 Å². The topological polar surface area (TPSA) is 72.6 Å². The van der Waals surface area contributed by atoms with Crippen molar-refractivity contribution in [1.82, 2.24) is 0 Å². The Morgan fingerprint density at radius 3 is 2.43 bits per heavy atom. The highest BCUT2D eigenvalue weighted by Crippen LogP contribution is 2.43. The number of nitrogens with two attached hydrogens (primary N) is 1. The van der Waals surface area contributed by atoms with E-state index in [1.54, 1.807) is 18.2 Å². The summed E-state index contributed by atoms with van der Waals surface area (Å²) in [4.78, 5) is 26.5. The minimum atomic E-state index is -0.169. The van der Waals surface area contributed by atoms with Gasteiger partial charge in [-0.05, 0) is 31.0 Å². The zero-order valence-corrected chi connectivity index (χ0v) is 12.5. The van der Waals surface area contributed by atoms with E-state index in [9.17, 15) is 9.59 Å². The van der Waals surface area contributed by atoms with Gasteiger partial charge >= 0.3 is 0 Å². The number of imide groups is 1. The van der Waals surface area contributed by atoms with E-state index in [4.69, 9.17) is 22.7 Å². The first-order valence-corrected chi connectivity index (χ1v) is 7.31. The molecule has 1 aromatic rings. The Morgan fingerprint density at radius 1 is 1.29 bits per heavy atom. The van der Waals surface area contributed by atoms with E-state index in [0.29, 0.717) is 17.0 Å². The van der Waals surface area contributed by atoms with Crippen LogP contribution in [0.5, 0.6) is 5.75 Å². The maximum Gasteiger partial charge on any atom is 0.237 e. The maximum atomic E-state index is 12.5. The summed E-state index contributed by atoms with van der Waals surface area (Å²) < 4.78 is 5.31. The fraction of sp³-hybridized carbons (Fsp3) is 0.400. The van der Waals surface area contributed by atoms with Crippen LogP contribution in [0.25, 0.3) is 0 Å². The minimum Gasteiger partial charge on any atom is -0.495 e. The number of hydrogen-bond donors (Lipinski definition) is 1. The molecule has 1 aromatic carbocycles. The van der Waals surface area contributed by atoms with E-state index in [1.165, 1.54) is 12.0 Å². The first-order chi connectivity index (χ1) is 10.0. The number of ether oxygens (including phenoxy) is 1. The second-order valence-electron chi connectivity index (χ2n) is 5.41. The van der Waals surface area contributed by atoms with Crippen molar-refractivity contribution in [3.05, 3.63) is 23.8 Å². The van der Waals surface area contributed by atoms with E-state index >= 15 is 0 Å². The lowest BCUT2D eigenvalue weighted by Gasteiger charge is -2.19. The number of amides is 2. The van der Waals surface area contributed by atoms with Crippen molar-refractivity contribution in [2.45, 2.75) is 19.3 Å². The molecule has 1 aliphatic carbocycles. The fourth-order valence-electron chi connectivity index (χ4n) is 3.24. The van der Waals surface area contributed by atoms with Crippen molar-refractivity contribution in [3.8, 4) is 5.75 Å². The monoisotopic (exact) mass is 304 g/mol. The number of thiocarbonyl (C=S) groups is 1. The predicted octanol–water partition coefficient (Wildman–Crippen LogP) is 1.62. The molecule has 1 heterocycles. The summed E-state index contributed by atoms with van der Waals surface area (Å²) in [6, 6.07) is 5.03. The molecule has 0 spiro atoms. The SMILES string of the molecule is COc1cc(C(N)=S)ccc1N1C(=O)C2CCCC2C1=O. The first kappa shape index (κ1) is 14.0. The molecule has 2 fully saturated rings. The van der Waals surface area contributed by atoms with Gasteiger partial charge in [-0.25, -0.2) is 4.90 Å². The van der Waals surface area contributed by atoms with Gasteiger partial charge < -0.3 is 10.5 Å². The molecule has 2 N–H and O–H groups in total. The van der Waals surface area contributed by atoms with Crippen LogP contribution in [-0.2, 0) is 9.59 Å².